The number of nitrogens with one attached hydrogen (secondary N) is 2. The van der Waals surface area contributed by atoms with Crippen LogP contribution in [0, 0.1) is 12.8 Å². The van der Waals surface area contributed by atoms with Gasteiger partial charge in [0.15, 0.2) is 0 Å². The average molecular weight is 426 g/mol. The quantitative estimate of drug-likeness (QED) is 0.702. The van der Waals surface area contributed by atoms with E-state index < -0.39 is 10.0 Å². The number of hydrogen-bond acceptors (Lipinski definition) is 4. The number of nitrogens with zero attached hydrogens (tertiary/aromatic N) is 1. The molecule has 1 aromatic carbocycles. The number of carbonyl (C=O) groups is 1. The molecule has 7 nitrogen and oxygen atoms in total. The van der Waals surface area contributed by atoms with E-state index in [4.69, 9.17) is 4.74 Å². The van der Waals surface area contributed by atoms with Gasteiger partial charge in [-0.2, -0.15) is 0 Å². The molecule has 8 heteroatoms. The van der Waals surface area contributed by atoms with E-state index in [1.54, 1.807) is 23.1 Å². The van der Waals surface area contributed by atoms with Gasteiger partial charge >= 0.3 is 6.03 Å². The largest absolute Gasteiger partial charge is 0.493 e. The second-order valence-electron chi connectivity index (χ2n) is 8.74. The maximum absolute atomic E-state index is 12.7. The summed E-state index contributed by atoms with van der Waals surface area (Å²) >= 11 is 0. The van der Waals surface area contributed by atoms with Crippen molar-refractivity contribution in [1.82, 2.24) is 14.9 Å². The third-order valence-electron chi connectivity index (χ3n) is 4.86. The van der Waals surface area contributed by atoms with Gasteiger partial charge in [-0.15, -0.1) is 0 Å². The molecule has 2 amide bonds. The molecule has 1 aliphatic heterocycles. The molecule has 0 aromatic heterocycles. The van der Waals surface area contributed by atoms with Gasteiger partial charge in [-0.1, -0.05) is 6.92 Å². The van der Waals surface area contributed by atoms with Gasteiger partial charge in [-0.05, 0) is 76.6 Å². The van der Waals surface area contributed by atoms with E-state index in [0.29, 0.717) is 32.0 Å². The van der Waals surface area contributed by atoms with E-state index in [-0.39, 0.29) is 22.4 Å². The van der Waals surface area contributed by atoms with Gasteiger partial charge in [0.05, 0.1) is 11.5 Å². The Balaban J connectivity index is 1.87. The highest BCUT2D eigenvalue weighted by Gasteiger charge is 2.26. The van der Waals surface area contributed by atoms with Crippen molar-refractivity contribution in [3.8, 4) is 5.75 Å². The van der Waals surface area contributed by atoms with Crippen LogP contribution in [-0.2, 0) is 10.0 Å². The Morgan fingerprint density at radius 3 is 2.45 bits per heavy atom. The first-order valence-electron chi connectivity index (χ1n) is 10.3. The lowest BCUT2D eigenvalue weighted by molar-refractivity contribution is 0.163. The Hall–Kier alpha value is -1.80. The number of rotatable bonds is 7. The Morgan fingerprint density at radius 2 is 1.90 bits per heavy atom. The number of urea groups is 1. The number of amides is 2. The molecule has 1 saturated heterocycles. The summed E-state index contributed by atoms with van der Waals surface area (Å²) in [6.07, 6.45) is 2.46. The summed E-state index contributed by atoms with van der Waals surface area (Å²) in [5.74, 6) is 0.934. The van der Waals surface area contributed by atoms with Crippen molar-refractivity contribution in [1.29, 1.82) is 0 Å². The molecule has 2 N–H and O–H groups in total. The molecule has 0 bridgehead atoms. The fourth-order valence-corrected chi connectivity index (χ4v) is 4.41. The van der Waals surface area contributed by atoms with Crippen LogP contribution >= 0.6 is 0 Å². The van der Waals surface area contributed by atoms with Crippen molar-refractivity contribution < 1.29 is 17.9 Å². The molecule has 0 spiro atoms. The van der Waals surface area contributed by atoms with Crippen molar-refractivity contribution in [3.05, 3.63) is 23.8 Å². The van der Waals surface area contributed by atoms with Gasteiger partial charge in [0.1, 0.15) is 5.75 Å². The zero-order valence-corrected chi connectivity index (χ0v) is 19.1. The molecular formula is C21H35N3O4S. The van der Waals surface area contributed by atoms with Gasteiger partial charge in [-0.25, -0.2) is 17.9 Å². The molecule has 0 aliphatic carbocycles. The topological polar surface area (TPSA) is 87.7 Å². The van der Waals surface area contributed by atoms with Crippen molar-refractivity contribution in [3.63, 3.8) is 0 Å². The van der Waals surface area contributed by atoms with E-state index in [9.17, 15) is 13.2 Å². The minimum Gasteiger partial charge on any atom is -0.493 e. The van der Waals surface area contributed by atoms with Crippen LogP contribution in [0.4, 0.5) is 4.79 Å². The Morgan fingerprint density at radius 1 is 1.24 bits per heavy atom. The smallest absolute Gasteiger partial charge is 0.317 e. The van der Waals surface area contributed by atoms with Gasteiger partial charge < -0.3 is 15.0 Å². The number of sulfonamides is 1. The number of piperidine rings is 1. The van der Waals surface area contributed by atoms with Crippen LogP contribution in [0.3, 0.4) is 0 Å². The minimum absolute atomic E-state index is 0.0580. The standard InChI is InChI=1S/C21H35N3O4S/c1-6-13-28-19-8-7-18(14-16(19)2)29(26,27)22-15-17-9-11-24(12-10-17)20(25)23-21(3,4)5/h7-8,14,17,22H,6,9-13,15H2,1-5H3,(H,23,25). The van der Waals surface area contributed by atoms with Crippen LogP contribution in [0.15, 0.2) is 23.1 Å². The number of hydrogen-bond donors (Lipinski definition) is 2. The fourth-order valence-electron chi connectivity index (χ4n) is 3.21. The van der Waals surface area contributed by atoms with E-state index >= 15 is 0 Å². The first-order chi connectivity index (χ1) is 13.5. The molecule has 1 aliphatic rings. The minimum atomic E-state index is -3.57. The molecule has 1 aromatic rings. The molecule has 1 heterocycles. The van der Waals surface area contributed by atoms with Crippen LogP contribution in [0.25, 0.3) is 0 Å². The van der Waals surface area contributed by atoms with Crippen molar-refractivity contribution in [2.45, 2.75) is 64.3 Å². The number of benzene rings is 1. The monoisotopic (exact) mass is 425 g/mol. The predicted octanol–water partition coefficient (Wildman–Crippen LogP) is 3.28. The van der Waals surface area contributed by atoms with Gasteiger partial charge in [-0.3, -0.25) is 0 Å². The van der Waals surface area contributed by atoms with Gasteiger partial charge in [0, 0.05) is 25.2 Å². The lowest BCUT2D eigenvalue weighted by Gasteiger charge is -2.34. The first kappa shape index (κ1) is 23.5. The number of aryl methyl sites for hydroxylation is 1. The summed E-state index contributed by atoms with van der Waals surface area (Å²) in [6, 6.07) is 4.88. The predicted molar refractivity (Wildman–Crippen MR) is 115 cm³/mol. The van der Waals surface area contributed by atoms with Gasteiger partial charge in [0.2, 0.25) is 10.0 Å². The Labute approximate surface area is 175 Å². The third kappa shape index (κ3) is 7.19. The Kier molecular flexibility index (Phi) is 7.94. The summed E-state index contributed by atoms with van der Waals surface area (Å²) in [5, 5.41) is 2.97. The maximum Gasteiger partial charge on any atom is 0.317 e. The molecule has 2 rings (SSSR count). The third-order valence-corrected chi connectivity index (χ3v) is 6.29. The molecule has 0 saturated carbocycles. The number of ether oxygens (including phenoxy) is 1. The van der Waals surface area contributed by atoms with Crippen LogP contribution in [-0.4, -0.2) is 51.1 Å². The van der Waals surface area contributed by atoms with Crippen LogP contribution in [0.2, 0.25) is 0 Å². The van der Waals surface area contributed by atoms with E-state index in [1.165, 1.54) is 0 Å². The lowest BCUT2D eigenvalue weighted by Crippen LogP contribution is -2.51. The van der Waals surface area contributed by atoms with Crippen LogP contribution in [0.5, 0.6) is 5.75 Å². The summed E-state index contributed by atoms with van der Waals surface area (Å²) in [6.45, 7) is 12.0. The van der Waals surface area contributed by atoms with Gasteiger partial charge in [0.25, 0.3) is 0 Å². The molecule has 164 valence electrons. The zero-order valence-electron chi connectivity index (χ0n) is 18.2. The summed E-state index contributed by atoms with van der Waals surface area (Å²) < 4.78 is 33.7. The highest BCUT2D eigenvalue weighted by molar-refractivity contribution is 7.89. The zero-order chi connectivity index (χ0) is 21.7. The normalized spacial score (nSPS) is 16.0. The van der Waals surface area contributed by atoms with E-state index in [0.717, 1.165) is 24.8 Å². The number of likely N-dealkylation sites (tertiary alicyclic amines) is 1. The second-order valence-corrected chi connectivity index (χ2v) is 10.5. The maximum atomic E-state index is 12.7. The molecule has 0 unspecified atom stereocenters. The highest BCUT2D eigenvalue weighted by atomic mass is 32.2. The van der Waals surface area contributed by atoms with Crippen LogP contribution in [0.1, 0.15) is 52.5 Å². The molecule has 1 fully saturated rings. The highest BCUT2D eigenvalue weighted by Crippen LogP contribution is 2.23. The van der Waals surface area contributed by atoms with E-state index in [1.807, 2.05) is 34.6 Å². The van der Waals surface area contributed by atoms with E-state index in [2.05, 4.69) is 10.0 Å². The SMILES string of the molecule is CCCOc1ccc(S(=O)(=O)NCC2CCN(C(=O)NC(C)(C)C)CC2)cc1C. The lowest BCUT2D eigenvalue weighted by atomic mass is 9.97. The molecule has 29 heavy (non-hydrogen) atoms. The van der Waals surface area contributed by atoms with Crippen molar-refractivity contribution in [2.24, 2.45) is 5.92 Å². The number of carbonyl (C=O) groups excluding carboxylic acids is 1. The Bertz CT molecular complexity index is 795. The average Bonchev–Trinajstić information content (AvgIpc) is 2.64. The molecule has 0 radical (unpaired) electrons. The molecular weight excluding hydrogens is 390 g/mol. The van der Waals surface area contributed by atoms with Crippen molar-refractivity contribution >= 4 is 16.1 Å². The fraction of sp³-hybridized carbons (Fsp3) is 0.667. The summed E-state index contributed by atoms with van der Waals surface area (Å²) in [4.78, 5) is 14.3. The summed E-state index contributed by atoms with van der Waals surface area (Å²) in [5.41, 5.74) is 0.540. The first-order valence-corrected chi connectivity index (χ1v) is 11.8. The molecule has 0 atom stereocenters. The summed E-state index contributed by atoms with van der Waals surface area (Å²) in [7, 11) is -3.57. The van der Waals surface area contributed by atoms with Crippen LogP contribution < -0.4 is 14.8 Å². The second kappa shape index (κ2) is 9.80. The van der Waals surface area contributed by atoms with Crippen molar-refractivity contribution in [2.75, 3.05) is 26.2 Å².